The van der Waals surface area contributed by atoms with E-state index < -0.39 is 0 Å². The van der Waals surface area contributed by atoms with Crippen molar-refractivity contribution in [3.8, 4) is 0 Å². The highest BCUT2D eigenvalue weighted by Gasteiger charge is 2.14. The van der Waals surface area contributed by atoms with Crippen LogP contribution in [0, 0.1) is 6.92 Å². The molecule has 20 heavy (non-hydrogen) atoms. The van der Waals surface area contributed by atoms with Crippen molar-refractivity contribution in [1.82, 2.24) is 10.6 Å². The predicted molar refractivity (Wildman–Crippen MR) is 86.3 cm³/mol. The van der Waals surface area contributed by atoms with E-state index in [1.807, 2.05) is 11.3 Å². The number of aryl methyl sites for hydroxylation is 1. The monoisotopic (exact) mass is 290 g/mol. The molecule has 1 aromatic heterocycles. The molecule has 1 aromatic carbocycles. The molecule has 1 unspecified atom stereocenters. The number of nitrogens with one attached hydrogen (secondary N) is 2. The highest BCUT2D eigenvalue weighted by Crippen LogP contribution is 2.34. The molecule has 1 amide bonds. The van der Waals surface area contributed by atoms with Gasteiger partial charge >= 0.3 is 0 Å². The van der Waals surface area contributed by atoms with Gasteiger partial charge < -0.3 is 10.6 Å². The average molecular weight is 290 g/mol. The van der Waals surface area contributed by atoms with E-state index in [-0.39, 0.29) is 11.9 Å². The van der Waals surface area contributed by atoms with Crippen LogP contribution in [0.15, 0.2) is 24.3 Å². The van der Waals surface area contributed by atoms with E-state index in [4.69, 9.17) is 0 Å². The van der Waals surface area contributed by atoms with E-state index in [9.17, 15) is 4.79 Å². The first-order chi connectivity index (χ1) is 9.63. The Morgan fingerprint density at radius 2 is 2.10 bits per heavy atom. The Balaban J connectivity index is 2.02. The first kappa shape index (κ1) is 15.0. The fourth-order valence-corrected chi connectivity index (χ4v) is 3.51. The fraction of sp³-hybridized carbons (Fsp3) is 0.438. The lowest BCUT2D eigenvalue weighted by Gasteiger charge is -2.13. The minimum atomic E-state index is 0.0671. The number of hydrogen-bond acceptors (Lipinski definition) is 3. The third-order valence-corrected chi connectivity index (χ3v) is 4.87. The largest absolute Gasteiger partial charge is 0.355 e. The van der Waals surface area contributed by atoms with Gasteiger partial charge in [0.25, 0.3) is 0 Å². The first-order valence-electron chi connectivity index (χ1n) is 7.11. The smallest absolute Gasteiger partial charge is 0.233 e. The number of rotatable bonds is 6. The van der Waals surface area contributed by atoms with Crippen LogP contribution in [-0.2, 0) is 4.79 Å². The van der Waals surface area contributed by atoms with Crippen LogP contribution in [0.5, 0.6) is 0 Å². The van der Waals surface area contributed by atoms with Gasteiger partial charge in [-0.15, -0.1) is 11.3 Å². The summed E-state index contributed by atoms with van der Waals surface area (Å²) >= 11 is 1.81. The van der Waals surface area contributed by atoms with Crippen molar-refractivity contribution < 1.29 is 4.79 Å². The zero-order valence-corrected chi connectivity index (χ0v) is 13.1. The number of carbonyl (C=O) groups is 1. The number of hydrogen-bond donors (Lipinski definition) is 2. The first-order valence-corrected chi connectivity index (χ1v) is 7.93. The number of carbonyl (C=O) groups excluding carboxylic acids is 1. The Labute approximate surface area is 124 Å². The molecule has 0 spiro atoms. The molecule has 0 fully saturated rings. The fourth-order valence-electron chi connectivity index (χ4n) is 2.27. The molecule has 3 nitrogen and oxygen atoms in total. The molecule has 2 rings (SSSR count). The summed E-state index contributed by atoms with van der Waals surface area (Å²) in [6.45, 7) is 7.44. The van der Waals surface area contributed by atoms with Gasteiger partial charge in [0.1, 0.15) is 0 Å². The van der Waals surface area contributed by atoms with Gasteiger partial charge in [0, 0.05) is 22.2 Å². The standard InChI is InChI=1S/C16H22N2OS/c1-4-9-17-15(19)10-18-12(3)16-11(2)13-7-5-6-8-14(13)20-16/h5-8,12,18H,4,9-10H2,1-3H3,(H,17,19). The van der Waals surface area contributed by atoms with Crippen molar-refractivity contribution in [1.29, 1.82) is 0 Å². The van der Waals surface area contributed by atoms with Gasteiger partial charge in [0.05, 0.1) is 6.54 Å². The second kappa shape index (κ2) is 6.86. The number of thiophene rings is 1. The van der Waals surface area contributed by atoms with Crippen molar-refractivity contribution in [3.63, 3.8) is 0 Å². The number of fused-ring (bicyclic) bond motifs is 1. The molecule has 0 bridgehead atoms. The SMILES string of the molecule is CCCNC(=O)CNC(C)c1sc2ccccc2c1C. The van der Waals surface area contributed by atoms with Gasteiger partial charge in [-0.3, -0.25) is 4.79 Å². The van der Waals surface area contributed by atoms with E-state index in [1.165, 1.54) is 20.5 Å². The molecule has 0 radical (unpaired) electrons. The van der Waals surface area contributed by atoms with Gasteiger partial charge in [-0.1, -0.05) is 25.1 Å². The van der Waals surface area contributed by atoms with Crippen LogP contribution in [-0.4, -0.2) is 19.0 Å². The molecule has 4 heteroatoms. The van der Waals surface area contributed by atoms with Crippen LogP contribution in [0.2, 0.25) is 0 Å². The Morgan fingerprint density at radius 1 is 1.35 bits per heavy atom. The van der Waals surface area contributed by atoms with Gasteiger partial charge in [0.15, 0.2) is 0 Å². The molecule has 1 heterocycles. The molecular formula is C16H22N2OS. The molecule has 0 saturated carbocycles. The molecule has 2 N–H and O–H groups in total. The zero-order chi connectivity index (χ0) is 14.5. The van der Waals surface area contributed by atoms with Crippen LogP contribution < -0.4 is 10.6 Å². The molecule has 108 valence electrons. The Hall–Kier alpha value is -1.39. The van der Waals surface area contributed by atoms with E-state index >= 15 is 0 Å². The predicted octanol–water partition coefficient (Wildman–Crippen LogP) is 3.39. The van der Waals surface area contributed by atoms with Crippen LogP contribution >= 0.6 is 11.3 Å². The van der Waals surface area contributed by atoms with E-state index in [0.29, 0.717) is 6.54 Å². The Kier molecular flexibility index (Phi) is 5.15. The Bertz CT molecular complexity index is 591. The summed E-state index contributed by atoms with van der Waals surface area (Å²) in [6, 6.07) is 8.64. The van der Waals surface area contributed by atoms with Crippen LogP contribution in [0.1, 0.15) is 36.8 Å². The van der Waals surface area contributed by atoms with Gasteiger partial charge in [-0.25, -0.2) is 0 Å². The van der Waals surface area contributed by atoms with Crippen molar-refractivity contribution in [3.05, 3.63) is 34.7 Å². The van der Waals surface area contributed by atoms with Gasteiger partial charge in [-0.2, -0.15) is 0 Å². The maximum Gasteiger partial charge on any atom is 0.233 e. The zero-order valence-electron chi connectivity index (χ0n) is 12.3. The second-order valence-corrected chi connectivity index (χ2v) is 6.12. The van der Waals surface area contributed by atoms with Crippen LogP contribution in [0.4, 0.5) is 0 Å². The molecular weight excluding hydrogens is 268 g/mol. The topological polar surface area (TPSA) is 41.1 Å². The molecule has 2 aromatic rings. The third kappa shape index (κ3) is 3.38. The number of amides is 1. The average Bonchev–Trinajstić information content (AvgIpc) is 2.80. The summed E-state index contributed by atoms with van der Waals surface area (Å²) < 4.78 is 1.31. The van der Waals surface area contributed by atoms with Crippen LogP contribution in [0.25, 0.3) is 10.1 Å². The molecule has 0 aliphatic carbocycles. The lowest BCUT2D eigenvalue weighted by atomic mass is 10.1. The summed E-state index contributed by atoms with van der Waals surface area (Å²) in [5.41, 5.74) is 1.32. The van der Waals surface area contributed by atoms with Gasteiger partial charge in [0.2, 0.25) is 5.91 Å². The van der Waals surface area contributed by atoms with Crippen molar-refractivity contribution in [2.75, 3.05) is 13.1 Å². The molecule has 0 saturated heterocycles. The second-order valence-electron chi connectivity index (χ2n) is 5.04. The van der Waals surface area contributed by atoms with Crippen LogP contribution in [0.3, 0.4) is 0 Å². The summed E-state index contributed by atoms with van der Waals surface area (Å²) in [5.74, 6) is 0.0671. The highest BCUT2D eigenvalue weighted by molar-refractivity contribution is 7.19. The molecule has 1 atom stereocenters. The quantitative estimate of drug-likeness (QED) is 0.856. The summed E-state index contributed by atoms with van der Waals surface area (Å²) in [5, 5.41) is 7.51. The maximum absolute atomic E-state index is 11.6. The Morgan fingerprint density at radius 3 is 2.80 bits per heavy atom. The molecule has 0 aliphatic heterocycles. The van der Waals surface area contributed by atoms with E-state index in [1.54, 1.807) is 0 Å². The van der Waals surface area contributed by atoms with E-state index in [0.717, 1.165) is 13.0 Å². The summed E-state index contributed by atoms with van der Waals surface area (Å²) in [6.07, 6.45) is 0.969. The summed E-state index contributed by atoms with van der Waals surface area (Å²) in [4.78, 5) is 12.9. The normalized spacial score (nSPS) is 12.6. The maximum atomic E-state index is 11.6. The van der Waals surface area contributed by atoms with Gasteiger partial charge in [-0.05, 0) is 37.3 Å². The van der Waals surface area contributed by atoms with Crippen molar-refractivity contribution in [2.45, 2.75) is 33.2 Å². The number of benzene rings is 1. The lowest BCUT2D eigenvalue weighted by molar-refractivity contribution is -0.120. The highest BCUT2D eigenvalue weighted by atomic mass is 32.1. The minimum absolute atomic E-state index is 0.0671. The van der Waals surface area contributed by atoms with E-state index in [2.05, 4.69) is 55.7 Å². The third-order valence-electron chi connectivity index (χ3n) is 3.41. The lowest BCUT2D eigenvalue weighted by Crippen LogP contribution is -2.35. The minimum Gasteiger partial charge on any atom is -0.355 e. The van der Waals surface area contributed by atoms with Crippen molar-refractivity contribution >= 4 is 27.3 Å². The summed E-state index contributed by atoms with van der Waals surface area (Å²) in [7, 11) is 0. The van der Waals surface area contributed by atoms with Crippen molar-refractivity contribution in [2.24, 2.45) is 0 Å². The molecule has 0 aliphatic rings.